The predicted molar refractivity (Wildman–Crippen MR) is 100 cm³/mol. The average molecular weight is 380 g/mol. The van der Waals surface area contributed by atoms with Gasteiger partial charge in [-0.3, -0.25) is 9.78 Å². The summed E-state index contributed by atoms with van der Waals surface area (Å²) in [7, 11) is -0.724. The molecule has 0 radical (unpaired) electrons. The second-order valence-electron chi connectivity index (χ2n) is 5.97. The Morgan fingerprint density at radius 3 is 2.52 bits per heavy atom. The summed E-state index contributed by atoms with van der Waals surface area (Å²) in [6.45, 7) is 0. The number of carbonyl (C=O) groups excluding carboxylic acids is 1. The van der Waals surface area contributed by atoms with Crippen LogP contribution >= 0.6 is 0 Å². The van der Waals surface area contributed by atoms with Crippen LogP contribution in [0.25, 0.3) is 11.0 Å². The zero-order valence-corrected chi connectivity index (χ0v) is 15.5. The van der Waals surface area contributed by atoms with Crippen molar-refractivity contribution >= 4 is 26.8 Å². The van der Waals surface area contributed by atoms with Gasteiger partial charge in [-0.15, -0.1) is 0 Å². The van der Waals surface area contributed by atoms with Gasteiger partial charge in [-0.1, -0.05) is 18.2 Å². The number of Topliss-reactive ketones (excluding diaryl/α,β-unsaturated/α-hetero) is 1. The van der Waals surface area contributed by atoms with Gasteiger partial charge in [0.1, 0.15) is 17.3 Å². The lowest BCUT2D eigenvalue weighted by Crippen LogP contribution is -2.20. The standard InChI is InChI=1S/C19H16N4O3S/c1-22(2)13-14(12-20)19(24)18-11-16-17(9-6-10-21-16)23(18)27(25,26)15-7-4-3-5-8-15/h3-11,13H,1-2H3. The van der Waals surface area contributed by atoms with Crippen LogP contribution in [0.2, 0.25) is 0 Å². The van der Waals surface area contributed by atoms with E-state index in [-0.39, 0.29) is 21.7 Å². The van der Waals surface area contributed by atoms with Gasteiger partial charge in [-0.2, -0.15) is 5.26 Å². The van der Waals surface area contributed by atoms with Crippen molar-refractivity contribution in [3.8, 4) is 6.07 Å². The van der Waals surface area contributed by atoms with Crippen LogP contribution in [-0.4, -0.2) is 42.2 Å². The summed E-state index contributed by atoms with van der Waals surface area (Å²) in [5.74, 6) is -0.691. The topological polar surface area (TPSA) is 96.1 Å². The minimum atomic E-state index is -4.06. The monoisotopic (exact) mass is 380 g/mol. The lowest BCUT2D eigenvalue weighted by molar-refractivity contribution is 0.103. The highest BCUT2D eigenvalue weighted by atomic mass is 32.2. The molecule has 0 amide bonds. The van der Waals surface area contributed by atoms with Crippen molar-refractivity contribution in [1.82, 2.24) is 13.9 Å². The van der Waals surface area contributed by atoms with Gasteiger partial charge in [0.05, 0.1) is 15.9 Å². The molecule has 2 aromatic heterocycles. The van der Waals surface area contributed by atoms with Gasteiger partial charge in [0.15, 0.2) is 0 Å². The summed E-state index contributed by atoms with van der Waals surface area (Å²) in [6.07, 6.45) is 2.86. The van der Waals surface area contributed by atoms with Gasteiger partial charge in [-0.25, -0.2) is 12.4 Å². The normalized spacial score (nSPS) is 12.0. The summed E-state index contributed by atoms with van der Waals surface area (Å²) in [5.41, 5.74) is 0.309. The number of pyridine rings is 1. The van der Waals surface area contributed by atoms with Gasteiger partial charge in [0, 0.05) is 26.5 Å². The first-order valence-corrected chi connectivity index (χ1v) is 9.40. The number of allylic oxidation sites excluding steroid dienone is 1. The molecule has 0 spiro atoms. The number of rotatable bonds is 5. The Kier molecular flexibility index (Phi) is 4.79. The van der Waals surface area contributed by atoms with Gasteiger partial charge in [0.25, 0.3) is 10.0 Å². The van der Waals surface area contributed by atoms with Crippen molar-refractivity contribution in [2.75, 3.05) is 14.1 Å². The van der Waals surface area contributed by atoms with Crippen LogP contribution in [0, 0.1) is 11.3 Å². The molecule has 0 saturated carbocycles. The van der Waals surface area contributed by atoms with Crippen molar-refractivity contribution in [3.63, 3.8) is 0 Å². The van der Waals surface area contributed by atoms with Gasteiger partial charge < -0.3 is 4.90 Å². The largest absolute Gasteiger partial charge is 0.382 e. The van der Waals surface area contributed by atoms with Crippen LogP contribution in [0.5, 0.6) is 0 Å². The van der Waals surface area contributed by atoms with Gasteiger partial charge in [-0.05, 0) is 30.3 Å². The molecule has 0 saturated heterocycles. The van der Waals surface area contributed by atoms with Crippen molar-refractivity contribution < 1.29 is 13.2 Å². The smallest absolute Gasteiger partial charge is 0.268 e. The Morgan fingerprint density at radius 1 is 1.19 bits per heavy atom. The van der Waals surface area contributed by atoms with Crippen LogP contribution in [0.15, 0.2) is 71.4 Å². The first-order chi connectivity index (χ1) is 12.9. The molecule has 0 unspecified atom stereocenters. The quantitative estimate of drug-likeness (QED) is 0.383. The number of nitriles is 1. The molecule has 3 aromatic rings. The van der Waals surface area contributed by atoms with Gasteiger partial charge >= 0.3 is 0 Å². The van der Waals surface area contributed by atoms with Crippen LogP contribution in [0.1, 0.15) is 10.5 Å². The molecule has 0 atom stereocenters. The minimum Gasteiger partial charge on any atom is -0.382 e. The molecule has 0 aliphatic carbocycles. The third-order valence-corrected chi connectivity index (χ3v) is 5.54. The molecule has 0 N–H and O–H groups in total. The Labute approximate surface area is 156 Å². The minimum absolute atomic E-state index is 0.0375. The molecule has 0 aliphatic heterocycles. The number of hydrogen-bond acceptors (Lipinski definition) is 6. The van der Waals surface area contributed by atoms with E-state index >= 15 is 0 Å². The van der Waals surface area contributed by atoms with Crippen LogP contribution in [0.4, 0.5) is 0 Å². The zero-order valence-electron chi connectivity index (χ0n) is 14.7. The van der Waals surface area contributed by atoms with E-state index in [9.17, 15) is 18.5 Å². The van der Waals surface area contributed by atoms with Gasteiger partial charge in [0.2, 0.25) is 5.78 Å². The molecule has 8 heteroatoms. The fourth-order valence-electron chi connectivity index (χ4n) is 2.66. The number of carbonyl (C=O) groups is 1. The Hall–Kier alpha value is -3.44. The lowest BCUT2D eigenvalue weighted by atomic mass is 10.1. The van der Waals surface area contributed by atoms with E-state index in [2.05, 4.69) is 4.98 Å². The molecule has 7 nitrogen and oxygen atoms in total. The molecule has 1 aromatic carbocycles. The average Bonchev–Trinajstić information content (AvgIpc) is 3.06. The van der Waals surface area contributed by atoms with Crippen LogP contribution in [-0.2, 0) is 10.0 Å². The molecule has 0 fully saturated rings. The highest BCUT2D eigenvalue weighted by molar-refractivity contribution is 7.90. The number of ketones is 1. The molecule has 3 rings (SSSR count). The fourth-order valence-corrected chi connectivity index (χ4v) is 4.18. The third kappa shape index (κ3) is 3.32. The highest BCUT2D eigenvalue weighted by Crippen LogP contribution is 2.26. The maximum Gasteiger partial charge on any atom is 0.268 e. The molecular formula is C19H16N4O3S. The van der Waals surface area contributed by atoms with E-state index in [0.29, 0.717) is 5.52 Å². The highest BCUT2D eigenvalue weighted by Gasteiger charge is 2.28. The SMILES string of the molecule is CN(C)C=C(C#N)C(=O)c1cc2ncccc2n1S(=O)(=O)c1ccccc1. The lowest BCUT2D eigenvalue weighted by Gasteiger charge is -2.12. The molecule has 2 heterocycles. The first-order valence-electron chi connectivity index (χ1n) is 7.96. The number of aromatic nitrogens is 2. The maximum absolute atomic E-state index is 13.2. The summed E-state index contributed by atoms with van der Waals surface area (Å²) in [6, 6.07) is 14.2. The Morgan fingerprint density at radius 2 is 1.89 bits per heavy atom. The first kappa shape index (κ1) is 18.4. The van der Waals surface area contributed by atoms with Crippen molar-refractivity contribution in [3.05, 3.63) is 72.2 Å². The second kappa shape index (κ2) is 7.05. The number of nitrogens with zero attached hydrogens (tertiary/aromatic N) is 4. The van der Waals surface area contributed by atoms with E-state index in [0.717, 1.165) is 3.97 Å². The number of hydrogen-bond donors (Lipinski definition) is 0. The van der Waals surface area contributed by atoms with E-state index < -0.39 is 15.8 Å². The summed E-state index contributed by atoms with van der Waals surface area (Å²) in [5, 5.41) is 9.35. The third-order valence-electron chi connectivity index (χ3n) is 3.79. The van der Waals surface area contributed by atoms with Crippen molar-refractivity contribution in [2.24, 2.45) is 0 Å². The summed E-state index contributed by atoms with van der Waals surface area (Å²) in [4.78, 5) is 18.7. The fraction of sp³-hybridized carbons (Fsp3) is 0.105. The number of benzene rings is 1. The van der Waals surface area contributed by atoms with E-state index in [4.69, 9.17) is 0 Å². The predicted octanol–water partition coefficient (Wildman–Crippen LogP) is 2.43. The Balaban J connectivity index is 2.32. The van der Waals surface area contributed by atoms with Crippen LogP contribution < -0.4 is 0 Å². The summed E-state index contributed by atoms with van der Waals surface area (Å²) >= 11 is 0. The molecule has 136 valence electrons. The number of fused-ring (bicyclic) bond motifs is 1. The Bertz CT molecular complexity index is 1190. The molecule has 0 bridgehead atoms. The van der Waals surface area contributed by atoms with Crippen molar-refractivity contribution in [2.45, 2.75) is 4.90 Å². The summed E-state index contributed by atoms with van der Waals surface area (Å²) < 4.78 is 27.4. The molecule has 27 heavy (non-hydrogen) atoms. The van der Waals surface area contributed by atoms with Crippen molar-refractivity contribution in [1.29, 1.82) is 5.26 Å². The molecule has 0 aliphatic rings. The molecular weight excluding hydrogens is 364 g/mol. The van der Waals surface area contributed by atoms with Crippen LogP contribution in [0.3, 0.4) is 0 Å². The second-order valence-corrected chi connectivity index (χ2v) is 7.75. The van der Waals surface area contributed by atoms with E-state index in [1.54, 1.807) is 49.3 Å². The van der Waals surface area contributed by atoms with E-state index in [1.165, 1.54) is 30.6 Å². The zero-order chi connectivity index (χ0) is 19.6. The van der Waals surface area contributed by atoms with E-state index in [1.807, 2.05) is 6.07 Å². The maximum atomic E-state index is 13.2.